The maximum absolute atomic E-state index is 14.8. The number of anilines is 1. The van der Waals surface area contributed by atoms with Gasteiger partial charge in [-0.15, -0.1) is 10.2 Å². The van der Waals surface area contributed by atoms with Crippen LogP contribution >= 0.6 is 0 Å². The first-order valence-electron chi connectivity index (χ1n) is 12.0. The third kappa shape index (κ3) is 4.58. The van der Waals surface area contributed by atoms with E-state index in [0.29, 0.717) is 23.7 Å². The fourth-order valence-corrected chi connectivity index (χ4v) is 4.84. The topological polar surface area (TPSA) is 83.5 Å². The molecular formula is C25H35FN6O2. The zero-order valence-corrected chi connectivity index (χ0v) is 21.0. The number of carbonyl (C=O) groups is 1. The fourth-order valence-electron chi connectivity index (χ4n) is 4.84. The van der Waals surface area contributed by atoms with Gasteiger partial charge in [-0.1, -0.05) is 20.8 Å². The van der Waals surface area contributed by atoms with E-state index < -0.39 is 11.2 Å². The van der Waals surface area contributed by atoms with Crippen LogP contribution < -0.4 is 15.0 Å². The molecule has 3 heterocycles. The maximum Gasteiger partial charge on any atom is 0.282 e. The average molecular weight is 471 g/mol. The SMILES string of the molecule is CCN(C(=O)c1cc(F)cc(C(C)(C)C)c1Oc1nncnc1N1CCC2(CNC2)C1)C(C)C. The molecule has 34 heavy (non-hydrogen) atoms. The van der Waals surface area contributed by atoms with Crippen LogP contribution in [0.15, 0.2) is 18.5 Å². The normalized spacial score (nSPS) is 17.2. The van der Waals surface area contributed by atoms with Crippen LogP contribution in [0.2, 0.25) is 0 Å². The molecule has 8 nitrogen and oxygen atoms in total. The summed E-state index contributed by atoms with van der Waals surface area (Å²) in [4.78, 5) is 21.9. The number of hydrogen-bond donors (Lipinski definition) is 1. The lowest BCUT2D eigenvalue weighted by molar-refractivity contribution is 0.0713. The molecule has 9 heteroatoms. The van der Waals surface area contributed by atoms with Gasteiger partial charge >= 0.3 is 0 Å². The lowest BCUT2D eigenvalue weighted by Crippen LogP contribution is -2.54. The van der Waals surface area contributed by atoms with Gasteiger partial charge in [0.25, 0.3) is 11.8 Å². The highest BCUT2D eigenvalue weighted by molar-refractivity contribution is 5.98. The van der Waals surface area contributed by atoms with E-state index in [-0.39, 0.29) is 28.8 Å². The van der Waals surface area contributed by atoms with Crippen LogP contribution in [-0.4, -0.2) is 64.8 Å². The molecule has 0 bridgehead atoms. The van der Waals surface area contributed by atoms with Crippen molar-refractivity contribution >= 4 is 11.7 Å². The Hall–Kier alpha value is -2.81. The molecule has 1 spiro atoms. The molecular weight excluding hydrogens is 435 g/mol. The second-order valence-electron chi connectivity index (χ2n) is 10.7. The van der Waals surface area contributed by atoms with E-state index in [1.807, 2.05) is 41.5 Å². The first-order chi connectivity index (χ1) is 16.0. The van der Waals surface area contributed by atoms with Crippen LogP contribution in [0.1, 0.15) is 63.9 Å². The Morgan fingerprint density at radius 1 is 1.32 bits per heavy atom. The van der Waals surface area contributed by atoms with Crippen LogP contribution in [0.25, 0.3) is 0 Å². The van der Waals surface area contributed by atoms with E-state index in [2.05, 4.69) is 25.4 Å². The van der Waals surface area contributed by atoms with Gasteiger partial charge < -0.3 is 19.9 Å². The van der Waals surface area contributed by atoms with Crippen molar-refractivity contribution in [2.75, 3.05) is 37.6 Å². The molecule has 2 aliphatic heterocycles. The predicted octanol–water partition coefficient (Wildman–Crippen LogP) is 3.77. The molecule has 0 aliphatic carbocycles. The summed E-state index contributed by atoms with van der Waals surface area (Å²) in [6.07, 6.45) is 2.47. The Labute approximate surface area is 200 Å². The van der Waals surface area contributed by atoms with E-state index in [9.17, 15) is 9.18 Å². The summed E-state index contributed by atoms with van der Waals surface area (Å²) in [6, 6.07) is 2.65. The summed E-state index contributed by atoms with van der Waals surface area (Å²) in [5.74, 6) is 0.373. The highest BCUT2D eigenvalue weighted by atomic mass is 19.1. The lowest BCUT2D eigenvalue weighted by Gasteiger charge is -2.39. The molecule has 1 aromatic carbocycles. The Morgan fingerprint density at radius 2 is 2.06 bits per heavy atom. The van der Waals surface area contributed by atoms with Gasteiger partial charge in [-0.25, -0.2) is 9.37 Å². The molecule has 1 aromatic heterocycles. The minimum atomic E-state index is -0.480. The first kappa shape index (κ1) is 24.3. The van der Waals surface area contributed by atoms with Gasteiger partial charge in [0.15, 0.2) is 5.82 Å². The molecule has 0 atom stereocenters. The second kappa shape index (κ2) is 9.09. The van der Waals surface area contributed by atoms with Crippen LogP contribution in [0.5, 0.6) is 11.6 Å². The smallest absolute Gasteiger partial charge is 0.282 e. The molecule has 1 N–H and O–H groups in total. The molecule has 0 unspecified atom stereocenters. The van der Waals surface area contributed by atoms with Crippen LogP contribution in [0.4, 0.5) is 10.2 Å². The Kier molecular flexibility index (Phi) is 6.50. The number of amides is 1. The highest BCUT2D eigenvalue weighted by Gasteiger charge is 2.44. The van der Waals surface area contributed by atoms with Crippen LogP contribution in [0, 0.1) is 11.2 Å². The monoisotopic (exact) mass is 470 g/mol. The van der Waals surface area contributed by atoms with Gasteiger partial charge in [0.05, 0.1) is 5.56 Å². The standard InChI is InChI=1S/C25H35FN6O2/c1-7-32(16(2)3)23(33)18-10-17(26)11-19(24(4,5)6)20(18)34-22-21(28-15-29-30-22)31-9-8-25(14-31)12-27-13-25/h10-11,15-16,27H,7-9,12-14H2,1-6H3. The molecule has 2 fully saturated rings. The third-order valence-corrected chi connectivity index (χ3v) is 6.83. The van der Waals surface area contributed by atoms with Crippen molar-refractivity contribution < 1.29 is 13.9 Å². The third-order valence-electron chi connectivity index (χ3n) is 6.83. The highest BCUT2D eigenvalue weighted by Crippen LogP contribution is 2.42. The summed E-state index contributed by atoms with van der Waals surface area (Å²) in [5, 5.41) is 11.6. The summed E-state index contributed by atoms with van der Waals surface area (Å²) < 4.78 is 21.2. The second-order valence-corrected chi connectivity index (χ2v) is 10.7. The van der Waals surface area contributed by atoms with Crippen molar-refractivity contribution in [2.24, 2.45) is 5.41 Å². The largest absolute Gasteiger partial charge is 0.434 e. The summed E-state index contributed by atoms with van der Waals surface area (Å²) in [7, 11) is 0. The van der Waals surface area contributed by atoms with Crippen molar-refractivity contribution in [1.82, 2.24) is 25.4 Å². The zero-order valence-electron chi connectivity index (χ0n) is 21.0. The van der Waals surface area contributed by atoms with E-state index in [4.69, 9.17) is 4.74 Å². The Balaban J connectivity index is 1.78. The van der Waals surface area contributed by atoms with Crippen molar-refractivity contribution in [3.05, 3.63) is 35.4 Å². The van der Waals surface area contributed by atoms with E-state index in [1.165, 1.54) is 18.5 Å². The van der Waals surface area contributed by atoms with E-state index in [0.717, 1.165) is 32.6 Å². The molecule has 184 valence electrons. The number of benzene rings is 1. The van der Waals surface area contributed by atoms with E-state index >= 15 is 0 Å². The molecule has 0 radical (unpaired) electrons. The molecule has 2 saturated heterocycles. The van der Waals surface area contributed by atoms with Crippen molar-refractivity contribution in [2.45, 2.75) is 59.4 Å². The van der Waals surface area contributed by atoms with Crippen molar-refractivity contribution in [3.63, 3.8) is 0 Å². The molecule has 0 saturated carbocycles. The van der Waals surface area contributed by atoms with Crippen molar-refractivity contribution in [1.29, 1.82) is 0 Å². The number of ether oxygens (including phenoxy) is 1. The minimum absolute atomic E-state index is 0.0441. The average Bonchev–Trinajstić information content (AvgIpc) is 3.21. The van der Waals surface area contributed by atoms with E-state index in [1.54, 1.807) is 4.90 Å². The van der Waals surface area contributed by atoms with Gasteiger partial charge in [0, 0.05) is 49.7 Å². The number of carbonyl (C=O) groups excluding carboxylic acids is 1. The number of halogens is 1. The lowest BCUT2D eigenvalue weighted by atomic mass is 9.81. The molecule has 4 rings (SSSR count). The number of nitrogens with zero attached hydrogens (tertiary/aromatic N) is 5. The van der Waals surface area contributed by atoms with Crippen molar-refractivity contribution in [3.8, 4) is 11.6 Å². The van der Waals surface area contributed by atoms with Gasteiger partial charge in [-0.3, -0.25) is 4.79 Å². The number of aromatic nitrogens is 3. The van der Waals surface area contributed by atoms with Gasteiger partial charge in [0.2, 0.25) is 0 Å². The number of hydrogen-bond acceptors (Lipinski definition) is 7. The Morgan fingerprint density at radius 3 is 2.62 bits per heavy atom. The quantitative estimate of drug-likeness (QED) is 0.688. The molecule has 2 aromatic rings. The Bertz CT molecular complexity index is 1060. The maximum atomic E-state index is 14.8. The first-order valence-corrected chi connectivity index (χ1v) is 12.0. The van der Waals surface area contributed by atoms with Crippen LogP contribution in [0.3, 0.4) is 0 Å². The predicted molar refractivity (Wildman–Crippen MR) is 129 cm³/mol. The molecule has 2 aliphatic rings. The number of nitrogens with one attached hydrogen (secondary N) is 1. The summed E-state index contributed by atoms with van der Waals surface area (Å²) in [6.45, 7) is 15.9. The summed E-state index contributed by atoms with van der Waals surface area (Å²) in [5.41, 5.74) is 0.549. The number of rotatable bonds is 6. The molecule has 1 amide bonds. The fraction of sp³-hybridized carbons (Fsp3) is 0.600. The van der Waals surface area contributed by atoms with Crippen LogP contribution in [-0.2, 0) is 5.41 Å². The van der Waals surface area contributed by atoms with Gasteiger partial charge in [-0.2, -0.15) is 0 Å². The summed E-state index contributed by atoms with van der Waals surface area (Å²) >= 11 is 0. The minimum Gasteiger partial charge on any atom is -0.434 e. The van der Waals surface area contributed by atoms with Gasteiger partial charge in [0.1, 0.15) is 17.9 Å². The zero-order chi connectivity index (χ0) is 24.7. The van der Waals surface area contributed by atoms with Gasteiger partial charge in [-0.05, 0) is 44.7 Å².